The predicted octanol–water partition coefficient (Wildman–Crippen LogP) is 4.20. The number of halogens is 2. The lowest BCUT2D eigenvalue weighted by molar-refractivity contribution is 0.102. The van der Waals surface area contributed by atoms with Crippen molar-refractivity contribution in [3.63, 3.8) is 0 Å². The first kappa shape index (κ1) is 14.3. The summed E-state index contributed by atoms with van der Waals surface area (Å²) in [5.74, 6) is -0.164. The van der Waals surface area contributed by atoms with E-state index in [2.05, 4.69) is 43.8 Å². The van der Waals surface area contributed by atoms with Crippen molar-refractivity contribution >= 4 is 55.8 Å². The first-order valence-electron chi connectivity index (χ1n) is 5.60. The SMILES string of the molecule is Cc1ccc(N)c(NC(=O)c2cc(Br)ccc2I)c1. The van der Waals surface area contributed by atoms with Crippen LogP contribution in [-0.4, -0.2) is 5.91 Å². The third-order valence-electron chi connectivity index (χ3n) is 2.63. The molecule has 0 fully saturated rings. The van der Waals surface area contributed by atoms with Crippen LogP contribution >= 0.6 is 38.5 Å². The lowest BCUT2D eigenvalue weighted by Crippen LogP contribution is -2.14. The van der Waals surface area contributed by atoms with Gasteiger partial charge in [0.25, 0.3) is 5.91 Å². The van der Waals surface area contributed by atoms with Crippen molar-refractivity contribution in [3.8, 4) is 0 Å². The van der Waals surface area contributed by atoms with Crippen LogP contribution in [0.15, 0.2) is 40.9 Å². The van der Waals surface area contributed by atoms with E-state index < -0.39 is 0 Å². The molecule has 1 amide bonds. The van der Waals surface area contributed by atoms with Gasteiger partial charge >= 0.3 is 0 Å². The number of carbonyl (C=O) groups excluding carboxylic acids is 1. The molecular formula is C14H12BrIN2O. The monoisotopic (exact) mass is 430 g/mol. The maximum atomic E-state index is 12.3. The number of benzene rings is 2. The number of nitrogen functional groups attached to an aromatic ring is 1. The van der Waals surface area contributed by atoms with Gasteiger partial charge in [0.15, 0.2) is 0 Å². The molecule has 0 aliphatic carbocycles. The van der Waals surface area contributed by atoms with Crippen LogP contribution < -0.4 is 11.1 Å². The summed E-state index contributed by atoms with van der Waals surface area (Å²) in [4.78, 5) is 12.3. The molecule has 0 saturated heterocycles. The maximum absolute atomic E-state index is 12.3. The molecular weight excluding hydrogens is 419 g/mol. The maximum Gasteiger partial charge on any atom is 0.256 e. The van der Waals surface area contributed by atoms with E-state index in [1.54, 1.807) is 12.1 Å². The highest BCUT2D eigenvalue weighted by Crippen LogP contribution is 2.23. The van der Waals surface area contributed by atoms with Crippen LogP contribution in [0, 0.1) is 10.5 Å². The Balaban J connectivity index is 2.30. The summed E-state index contributed by atoms with van der Waals surface area (Å²) in [5, 5.41) is 2.85. The van der Waals surface area contributed by atoms with Crippen molar-refractivity contribution in [1.82, 2.24) is 0 Å². The van der Waals surface area contributed by atoms with Crippen molar-refractivity contribution in [2.24, 2.45) is 0 Å². The van der Waals surface area contributed by atoms with Gasteiger partial charge < -0.3 is 11.1 Å². The molecule has 0 unspecified atom stereocenters. The van der Waals surface area contributed by atoms with E-state index in [4.69, 9.17) is 5.73 Å². The molecule has 0 radical (unpaired) electrons. The standard InChI is InChI=1S/C14H12BrIN2O/c1-8-2-5-12(17)13(6-8)18-14(19)10-7-9(15)3-4-11(10)16/h2-7H,17H2,1H3,(H,18,19). The van der Waals surface area contributed by atoms with Gasteiger partial charge in [-0.05, 0) is 65.4 Å². The fourth-order valence-electron chi connectivity index (χ4n) is 1.64. The van der Waals surface area contributed by atoms with E-state index in [-0.39, 0.29) is 5.91 Å². The van der Waals surface area contributed by atoms with Crippen LogP contribution in [0.3, 0.4) is 0 Å². The molecule has 0 bridgehead atoms. The molecule has 0 aromatic heterocycles. The van der Waals surface area contributed by atoms with Crippen LogP contribution in [0.4, 0.5) is 11.4 Å². The molecule has 0 saturated carbocycles. The van der Waals surface area contributed by atoms with Crippen molar-refractivity contribution < 1.29 is 4.79 Å². The van der Waals surface area contributed by atoms with Crippen LogP contribution in [0.25, 0.3) is 0 Å². The summed E-state index contributed by atoms with van der Waals surface area (Å²) in [7, 11) is 0. The molecule has 98 valence electrons. The van der Waals surface area contributed by atoms with Crippen LogP contribution in [0.2, 0.25) is 0 Å². The molecule has 3 nitrogen and oxygen atoms in total. The van der Waals surface area contributed by atoms with Gasteiger partial charge in [0.05, 0.1) is 16.9 Å². The molecule has 2 aromatic rings. The second kappa shape index (κ2) is 5.92. The average Bonchev–Trinajstić information content (AvgIpc) is 2.36. The number of rotatable bonds is 2. The lowest BCUT2D eigenvalue weighted by Gasteiger charge is -2.10. The fourth-order valence-corrected chi connectivity index (χ4v) is 2.58. The molecule has 0 heterocycles. The Kier molecular flexibility index (Phi) is 4.46. The molecule has 2 aromatic carbocycles. The van der Waals surface area contributed by atoms with E-state index in [1.807, 2.05) is 31.2 Å². The number of nitrogens with two attached hydrogens (primary N) is 1. The van der Waals surface area contributed by atoms with Gasteiger partial charge in [-0.2, -0.15) is 0 Å². The van der Waals surface area contributed by atoms with Crippen molar-refractivity contribution in [2.75, 3.05) is 11.1 Å². The Morgan fingerprint density at radius 2 is 2.00 bits per heavy atom. The van der Waals surface area contributed by atoms with Gasteiger partial charge in [0.1, 0.15) is 0 Å². The van der Waals surface area contributed by atoms with Gasteiger partial charge in [-0.25, -0.2) is 0 Å². The number of carbonyl (C=O) groups is 1. The number of hydrogen-bond acceptors (Lipinski definition) is 2. The van der Waals surface area contributed by atoms with Gasteiger partial charge in [-0.15, -0.1) is 0 Å². The van der Waals surface area contributed by atoms with Gasteiger partial charge in [0.2, 0.25) is 0 Å². The molecule has 0 spiro atoms. The molecule has 5 heteroatoms. The highest BCUT2D eigenvalue weighted by Gasteiger charge is 2.12. The molecule has 0 aliphatic rings. The Labute approximate surface area is 133 Å². The van der Waals surface area contributed by atoms with Crippen molar-refractivity contribution in [1.29, 1.82) is 0 Å². The average molecular weight is 431 g/mol. The summed E-state index contributed by atoms with van der Waals surface area (Å²) in [6, 6.07) is 11.1. The number of anilines is 2. The zero-order valence-corrected chi connectivity index (χ0v) is 13.9. The van der Waals surface area contributed by atoms with Crippen LogP contribution in [-0.2, 0) is 0 Å². The molecule has 19 heavy (non-hydrogen) atoms. The smallest absolute Gasteiger partial charge is 0.256 e. The molecule has 2 rings (SSSR count). The predicted molar refractivity (Wildman–Crippen MR) is 90.4 cm³/mol. The van der Waals surface area contributed by atoms with Crippen molar-refractivity contribution in [2.45, 2.75) is 6.92 Å². The Hall–Kier alpha value is -1.08. The fraction of sp³-hybridized carbons (Fsp3) is 0.0714. The number of nitrogens with one attached hydrogen (secondary N) is 1. The highest BCUT2D eigenvalue weighted by molar-refractivity contribution is 14.1. The van der Waals surface area contributed by atoms with E-state index in [0.717, 1.165) is 13.6 Å². The first-order chi connectivity index (χ1) is 8.97. The third kappa shape index (κ3) is 3.48. The summed E-state index contributed by atoms with van der Waals surface area (Å²) in [5.41, 5.74) is 8.73. The van der Waals surface area contributed by atoms with Gasteiger partial charge in [0, 0.05) is 8.04 Å². The van der Waals surface area contributed by atoms with E-state index in [1.165, 1.54) is 0 Å². The van der Waals surface area contributed by atoms with E-state index >= 15 is 0 Å². The van der Waals surface area contributed by atoms with E-state index in [0.29, 0.717) is 16.9 Å². The Morgan fingerprint density at radius 1 is 1.26 bits per heavy atom. The minimum atomic E-state index is -0.164. The number of hydrogen-bond donors (Lipinski definition) is 2. The lowest BCUT2D eigenvalue weighted by atomic mass is 10.1. The quantitative estimate of drug-likeness (QED) is 0.554. The zero-order valence-electron chi connectivity index (χ0n) is 10.2. The third-order valence-corrected chi connectivity index (χ3v) is 4.06. The van der Waals surface area contributed by atoms with E-state index in [9.17, 15) is 4.79 Å². The second-order valence-electron chi connectivity index (χ2n) is 4.17. The normalized spacial score (nSPS) is 10.3. The number of amides is 1. The largest absolute Gasteiger partial charge is 0.397 e. The van der Waals surface area contributed by atoms with Gasteiger partial charge in [-0.3, -0.25) is 4.79 Å². The Morgan fingerprint density at radius 3 is 2.74 bits per heavy atom. The molecule has 0 atom stereocenters. The minimum absolute atomic E-state index is 0.164. The minimum Gasteiger partial charge on any atom is -0.397 e. The summed E-state index contributed by atoms with van der Waals surface area (Å²) < 4.78 is 1.76. The topological polar surface area (TPSA) is 55.1 Å². The highest BCUT2D eigenvalue weighted by atomic mass is 127. The zero-order chi connectivity index (χ0) is 14.0. The summed E-state index contributed by atoms with van der Waals surface area (Å²) >= 11 is 5.51. The summed E-state index contributed by atoms with van der Waals surface area (Å²) in [6.07, 6.45) is 0. The van der Waals surface area contributed by atoms with Gasteiger partial charge in [-0.1, -0.05) is 22.0 Å². The first-order valence-corrected chi connectivity index (χ1v) is 7.47. The number of aryl methyl sites for hydroxylation is 1. The Bertz CT molecular complexity index is 643. The second-order valence-corrected chi connectivity index (χ2v) is 6.25. The molecule has 3 N–H and O–H groups in total. The van der Waals surface area contributed by atoms with Crippen LogP contribution in [0.5, 0.6) is 0 Å². The van der Waals surface area contributed by atoms with Crippen molar-refractivity contribution in [3.05, 3.63) is 55.6 Å². The summed E-state index contributed by atoms with van der Waals surface area (Å²) in [6.45, 7) is 1.96. The molecule has 0 aliphatic heterocycles. The van der Waals surface area contributed by atoms with Crippen LogP contribution in [0.1, 0.15) is 15.9 Å².